The standard InChI is InChI=1S/C23H32N2O3S/c1-17-13-22(23(26)25(2)15-17)20(14-24-29(3)27)16-28-21-11-9-19(10-12-21)18-7-5-4-6-8-18/h4-8,13,15,19-21,24H,9-12,14,16H2,1-3H3. The van der Waals surface area contributed by atoms with Crippen LogP contribution < -0.4 is 10.3 Å². The predicted molar refractivity (Wildman–Crippen MR) is 119 cm³/mol. The third-order valence-corrected chi connectivity index (χ3v) is 6.37. The lowest BCUT2D eigenvalue weighted by molar-refractivity contribution is 0.0169. The summed E-state index contributed by atoms with van der Waals surface area (Å²) in [6, 6.07) is 12.6. The third kappa shape index (κ3) is 6.11. The minimum Gasteiger partial charge on any atom is -0.378 e. The Morgan fingerprint density at radius 2 is 1.90 bits per heavy atom. The van der Waals surface area contributed by atoms with Crippen LogP contribution in [0.4, 0.5) is 0 Å². The summed E-state index contributed by atoms with van der Waals surface area (Å²) in [4.78, 5) is 12.7. The molecule has 158 valence electrons. The smallest absolute Gasteiger partial charge is 0.253 e. The monoisotopic (exact) mass is 416 g/mol. The van der Waals surface area contributed by atoms with Crippen molar-refractivity contribution >= 4 is 11.0 Å². The molecular weight excluding hydrogens is 384 g/mol. The van der Waals surface area contributed by atoms with Crippen LogP contribution in [0.15, 0.2) is 47.4 Å². The lowest BCUT2D eigenvalue weighted by Crippen LogP contribution is -2.33. The summed E-state index contributed by atoms with van der Waals surface area (Å²) in [5, 5.41) is 0. The Hall–Kier alpha value is -1.76. The average Bonchev–Trinajstić information content (AvgIpc) is 2.72. The van der Waals surface area contributed by atoms with Gasteiger partial charge in [0.15, 0.2) is 0 Å². The molecule has 1 aromatic heterocycles. The molecule has 1 aliphatic rings. The molecule has 1 saturated carbocycles. The van der Waals surface area contributed by atoms with Gasteiger partial charge in [0, 0.05) is 37.5 Å². The second-order valence-corrected chi connectivity index (χ2v) is 9.30. The minimum absolute atomic E-state index is 0.0133. The number of ether oxygens (including phenoxy) is 1. The first kappa shape index (κ1) is 21.9. The van der Waals surface area contributed by atoms with E-state index in [0.717, 1.165) is 36.8 Å². The molecule has 2 unspecified atom stereocenters. The van der Waals surface area contributed by atoms with Crippen LogP contribution in [0.5, 0.6) is 0 Å². The minimum atomic E-state index is -1.13. The van der Waals surface area contributed by atoms with Gasteiger partial charge in [-0.2, -0.15) is 0 Å². The van der Waals surface area contributed by atoms with E-state index in [-0.39, 0.29) is 17.6 Å². The highest BCUT2D eigenvalue weighted by Gasteiger charge is 2.25. The van der Waals surface area contributed by atoms with Crippen molar-refractivity contribution in [2.75, 3.05) is 19.4 Å². The van der Waals surface area contributed by atoms with Gasteiger partial charge in [-0.1, -0.05) is 30.3 Å². The first-order valence-electron chi connectivity index (χ1n) is 10.3. The van der Waals surface area contributed by atoms with E-state index < -0.39 is 11.0 Å². The molecule has 3 rings (SSSR count). The summed E-state index contributed by atoms with van der Waals surface area (Å²) in [7, 11) is 0.645. The Morgan fingerprint density at radius 3 is 2.55 bits per heavy atom. The number of hydrogen-bond acceptors (Lipinski definition) is 3. The highest BCUT2D eigenvalue weighted by Crippen LogP contribution is 2.34. The zero-order valence-electron chi connectivity index (χ0n) is 17.6. The molecule has 0 bridgehead atoms. The van der Waals surface area contributed by atoms with Crippen LogP contribution in [0.3, 0.4) is 0 Å². The van der Waals surface area contributed by atoms with Gasteiger partial charge in [-0.3, -0.25) is 4.79 Å². The maximum absolute atomic E-state index is 12.7. The SMILES string of the molecule is Cc1cc(C(CNS(C)=O)COC2CCC(c3ccccc3)CC2)c(=O)n(C)c1. The van der Waals surface area contributed by atoms with Gasteiger partial charge in [0.05, 0.1) is 23.7 Å². The fourth-order valence-electron chi connectivity index (χ4n) is 4.22. The molecule has 1 N–H and O–H groups in total. The molecule has 1 aromatic carbocycles. The molecule has 2 atom stereocenters. The lowest BCUT2D eigenvalue weighted by atomic mass is 9.83. The number of aryl methyl sites for hydroxylation is 2. The number of hydrogen-bond donors (Lipinski definition) is 1. The van der Waals surface area contributed by atoms with E-state index in [2.05, 4.69) is 35.1 Å². The van der Waals surface area contributed by atoms with Gasteiger partial charge < -0.3 is 9.30 Å². The van der Waals surface area contributed by atoms with Gasteiger partial charge >= 0.3 is 0 Å². The summed E-state index contributed by atoms with van der Waals surface area (Å²) in [6.07, 6.45) is 7.98. The lowest BCUT2D eigenvalue weighted by Gasteiger charge is -2.30. The quantitative estimate of drug-likeness (QED) is 0.717. The second-order valence-electron chi connectivity index (χ2n) is 8.11. The van der Waals surface area contributed by atoms with Gasteiger partial charge in [-0.25, -0.2) is 8.93 Å². The van der Waals surface area contributed by atoms with Gasteiger partial charge in [0.2, 0.25) is 0 Å². The maximum Gasteiger partial charge on any atom is 0.253 e. The van der Waals surface area contributed by atoms with Crippen molar-refractivity contribution in [1.29, 1.82) is 0 Å². The van der Waals surface area contributed by atoms with Crippen molar-refractivity contribution in [3.05, 3.63) is 69.6 Å². The summed E-state index contributed by atoms with van der Waals surface area (Å²) < 4.78 is 22.4. The van der Waals surface area contributed by atoms with E-state index in [4.69, 9.17) is 4.74 Å². The molecule has 0 radical (unpaired) electrons. The Balaban J connectivity index is 1.62. The Kier molecular flexibility index (Phi) is 7.81. The van der Waals surface area contributed by atoms with Crippen LogP contribution in [0, 0.1) is 6.92 Å². The first-order chi connectivity index (χ1) is 13.9. The normalized spacial score (nSPS) is 21.6. The fraction of sp³-hybridized carbons (Fsp3) is 0.522. The summed E-state index contributed by atoms with van der Waals surface area (Å²) >= 11 is 0. The molecule has 2 aromatic rings. The molecule has 0 saturated heterocycles. The van der Waals surface area contributed by atoms with Gasteiger partial charge in [0.1, 0.15) is 0 Å². The zero-order chi connectivity index (χ0) is 20.8. The molecule has 0 aliphatic heterocycles. The van der Waals surface area contributed by atoms with Gasteiger partial charge in [-0.05, 0) is 55.7 Å². The van der Waals surface area contributed by atoms with Crippen molar-refractivity contribution in [3.63, 3.8) is 0 Å². The third-order valence-electron chi connectivity index (χ3n) is 5.80. The Bertz CT molecular complexity index is 873. The van der Waals surface area contributed by atoms with Crippen LogP contribution in [0.1, 0.15) is 54.2 Å². The van der Waals surface area contributed by atoms with Gasteiger partial charge in [0.25, 0.3) is 5.56 Å². The van der Waals surface area contributed by atoms with Crippen LogP contribution in [0.25, 0.3) is 0 Å². The van der Waals surface area contributed by atoms with Crippen LogP contribution in [0.2, 0.25) is 0 Å². The molecule has 0 amide bonds. The number of aromatic nitrogens is 1. The molecule has 29 heavy (non-hydrogen) atoms. The van der Waals surface area contributed by atoms with Crippen LogP contribution in [-0.2, 0) is 22.8 Å². The first-order valence-corrected chi connectivity index (χ1v) is 11.9. The average molecular weight is 417 g/mol. The molecule has 1 fully saturated rings. The van der Waals surface area contributed by atoms with Gasteiger partial charge in [-0.15, -0.1) is 0 Å². The summed E-state index contributed by atoms with van der Waals surface area (Å²) in [5.41, 5.74) is 3.17. The van der Waals surface area contributed by atoms with E-state index in [1.807, 2.05) is 19.2 Å². The topological polar surface area (TPSA) is 60.3 Å². The summed E-state index contributed by atoms with van der Waals surface area (Å²) in [6.45, 7) is 2.90. The fourth-order valence-corrected chi connectivity index (χ4v) is 4.66. The van der Waals surface area contributed by atoms with Crippen molar-refractivity contribution in [2.45, 2.75) is 50.5 Å². The molecule has 0 spiro atoms. The number of benzene rings is 1. The molecule has 1 aliphatic carbocycles. The number of pyridine rings is 1. The zero-order valence-corrected chi connectivity index (χ0v) is 18.4. The largest absolute Gasteiger partial charge is 0.378 e. The Labute approximate surface area is 176 Å². The van der Waals surface area contributed by atoms with E-state index in [9.17, 15) is 9.00 Å². The van der Waals surface area contributed by atoms with E-state index >= 15 is 0 Å². The second kappa shape index (κ2) is 10.3. The highest BCUT2D eigenvalue weighted by atomic mass is 32.2. The summed E-state index contributed by atoms with van der Waals surface area (Å²) in [5.74, 6) is 0.490. The van der Waals surface area contributed by atoms with Crippen molar-refractivity contribution in [3.8, 4) is 0 Å². The van der Waals surface area contributed by atoms with E-state index in [0.29, 0.717) is 19.1 Å². The molecule has 1 heterocycles. The number of nitrogens with one attached hydrogen (secondary N) is 1. The van der Waals surface area contributed by atoms with E-state index in [1.165, 1.54) is 5.56 Å². The molecular formula is C23H32N2O3S. The van der Waals surface area contributed by atoms with Crippen LogP contribution >= 0.6 is 0 Å². The van der Waals surface area contributed by atoms with Crippen molar-refractivity contribution in [2.24, 2.45) is 7.05 Å². The predicted octanol–water partition coefficient (Wildman–Crippen LogP) is 3.40. The maximum atomic E-state index is 12.7. The highest BCUT2D eigenvalue weighted by molar-refractivity contribution is 7.82. The molecule has 6 heteroatoms. The Morgan fingerprint density at radius 1 is 1.21 bits per heavy atom. The molecule has 5 nitrogen and oxygen atoms in total. The number of rotatable bonds is 8. The van der Waals surface area contributed by atoms with E-state index in [1.54, 1.807) is 17.9 Å². The van der Waals surface area contributed by atoms with Crippen molar-refractivity contribution < 1.29 is 8.95 Å². The van der Waals surface area contributed by atoms with Crippen LogP contribution in [-0.4, -0.2) is 34.3 Å². The number of nitrogens with zero attached hydrogens (tertiary/aromatic N) is 1. The van der Waals surface area contributed by atoms with Crippen molar-refractivity contribution in [1.82, 2.24) is 9.29 Å².